The van der Waals surface area contributed by atoms with Crippen LogP contribution < -0.4 is 0 Å². The molecule has 1 atom stereocenters. The second kappa shape index (κ2) is 5.15. The fourth-order valence-corrected chi connectivity index (χ4v) is 2.49. The van der Waals surface area contributed by atoms with Gasteiger partial charge >= 0.3 is 0 Å². The van der Waals surface area contributed by atoms with Gasteiger partial charge in [0, 0.05) is 18.0 Å². The number of nitrogens with one attached hydrogen (secondary N) is 1. The number of H-pyrrole nitrogens is 1. The SMILES string of the molecule is CC(C)C(C#N)Cc1nc(-c2ccc[nH]2)cs1. The maximum atomic E-state index is 9.07. The molecule has 1 N–H and O–H groups in total. The van der Waals surface area contributed by atoms with Crippen LogP contribution in [0, 0.1) is 23.2 Å². The lowest BCUT2D eigenvalue weighted by Crippen LogP contribution is -2.09. The molecule has 0 fully saturated rings. The highest BCUT2D eigenvalue weighted by molar-refractivity contribution is 7.09. The van der Waals surface area contributed by atoms with Crippen LogP contribution >= 0.6 is 11.3 Å². The maximum absolute atomic E-state index is 9.07. The summed E-state index contributed by atoms with van der Waals surface area (Å²) in [4.78, 5) is 7.70. The Hall–Kier alpha value is -1.60. The molecular formula is C13H15N3S. The predicted octanol–water partition coefficient (Wildman–Crippen LogP) is 3.48. The lowest BCUT2D eigenvalue weighted by molar-refractivity contribution is 0.473. The molecule has 0 spiro atoms. The lowest BCUT2D eigenvalue weighted by atomic mass is 9.94. The smallest absolute Gasteiger partial charge is 0.0976 e. The molecule has 4 heteroatoms. The number of hydrogen-bond donors (Lipinski definition) is 1. The molecule has 0 bridgehead atoms. The molecule has 2 heterocycles. The third-order valence-electron chi connectivity index (χ3n) is 2.79. The molecule has 0 saturated heterocycles. The Labute approximate surface area is 105 Å². The third-order valence-corrected chi connectivity index (χ3v) is 3.66. The molecule has 1 unspecified atom stereocenters. The Morgan fingerprint density at radius 2 is 2.35 bits per heavy atom. The average Bonchev–Trinajstić information content (AvgIpc) is 2.95. The first-order valence-corrected chi connectivity index (χ1v) is 6.56. The number of hydrogen-bond acceptors (Lipinski definition) is 3. The molecule has 0 aromatic carbocycles. The predicted molar refractivity (Wildman–Crippen MR) is 69.5 cm³/mol. The van der Waals surface area contributed by atoms with Crippen LogP contribution in [0.15, 0.2) is 23.7 Å². The van der Waals surface area contributed by atoms with Crippen LogP contribution in [-0.2, 0) is 6.42 Å². The largest absolute Gasteiger partial charge is 0.360 e. The Kier molecular flexibility index (Phi) is 3.60. The minimum atomic E-state index is 0.0534. The quantitative estimate of drug-likeness (QED) is 0.896. The Balaban J connectivity index is 2.12. The van der Waals surface area contributed by atoms with Gasteiger partial charge in [-0.05, 0) is 18.1 Å². The standard InChI is InChI=1S/C13H15N3S/c1-9(2)10(7-14)6-13-16-12(8-17-13)11-4-3-5-15-11/h3-5,8-10,15H,6H2,1-2H3. The first-order valence-electron chi connectivity index (χ1n) is 5.68. The lowest BCUT2D eigenvalue weighted by Gasteiger charge is -2.09. The van der Waals surface area contributed by atoms with Crippen LogP contribution in [0.1, 0.15) is 18.9 Å². The molecule has 0 amide bonds. The second-order valence-electron chi connectivity index (χ2n) is 4.39. The van der Waals surface area contributed by atoms with Crippen molar-refractivity contribution >= 4 is 11.3 Å². The van der Waals surface area contributed by atoms with Gasteiger partial charge in [0.05, 0.1) is 28.4 Å². The van der Waals surface area contributed by atoms with Crippen molar-refractivity contribution in [2.75, 3.05) is 0 Å². The van der Waals surface area contributed by atoms with E-state index in [1.807, 2.05) is 23.7 Å². The summed E-state index contributed by atoms with van der Waals surface area (Å²) in [6.45, 7) is 4.15. The molecule has 2 rings (SSSR count). The topological polar surface area (TPSA) is 52.5 Å². The Morgan fingerprint density at radius 3 is 2.94 bits per heavy atom. The summed E-state index contributed by atoms with van der Waals surface area (Å²) in [5.41, 5.74) is 2.00. The van der Waals surface area contributed by atoms with Crippen molar-refractivity contribution in [3.05, 3.63) is 28.7 Å². The van der Waals surface area contributed by atoms with E-state index in [-0.39, 0.29) is 5.92 Å². The number of rotatable bonds is 4. The van der Waals surface area contributed by atoms with Gasteiger partial charge < -0.3 is 4.98 Å². The Bertz CT molecular complexity index is 505. The molecule has 0 radical (unpaired) electrons. The van der Waals surface area contributed by atoms with Gasteiger partial charge in [0.2, 0.25) is 0 Å². The zero-order valence-electron chi connectivity index (χ0n) is 9.97. The molecule has 17 heavy (non-hydrogen) atoms. The van der Waals surface area contributed by atoms with E-state index in [9.17, 15) is 0 Å². The van der Waals surface area contributed by atoms with E-state index < -0.39 is 0 Å². The van der Waals surface area contributed by atoms with Crippen molar-refractivity contribution in [1.29, 1.82) is 5.26 Å². The van der Waals surface area contributed by atoms with Crippen molar-refractivity contribution in [3.8, 4) is 17.5 Å². The van der Waals surface area contributed by atoms with Crippen molar-refractivity contribution in [3.63, 3.8) is 0 Å². The number of nitriles is 1. The zero-order chi connectivity index (χ0) is 12.3. The van der Waals surface area contributed by atoms with Gasteiger partial charge in [0.25, 0.3) is 0 Å². The van der Waals surface area contributed by atoms with Crippen molar-refractivity contribution < 1.29 is 0 Å². The van der Waals surface area contributed by atoms with Crippen LogP contribution in [-0.4, -0.2) is 9.97 Å². The third kappa shape index (κ3) is 2.75. The highest BCUT2D eigenvalue weighted by atomic mass is 32.1. The number of thiazole rings is 1. The van der Waals surface area contributed by atoms with Gasteiger partial charge in [-0.2, -0.15) is 5.26 Å². The van der Waals surface area contributed by atoms with E-state index in [2.05, 4.69) is 29.9 Å². The van der Waals surface area contributed by atoms with E-state index in [4.69, 9.17) is 5.26 Å². The first kappa shape index (κ1) is 11.9. The van der Waals surface area contributed by atoms with Crippen LogP contribution in [0.3, 0.4) is 0 Å². The molecule has 88 valence electrons. The molecule has 0 aliphatic carbocycles. The summed E-state index contributed by atoms with van der Waals surface area (Å²) >= 11 is 1.63. The maximum Gasteiger partial charge on any atom is 0.0976 e. The zero-order valence-corrected chi connectivity index (χ0v) is 10.8. The van der Waals surface area contributed by atoms with Gasteiger partial charge in [0.1, 0.15) is 0 Å². The van der Waals surface area contributed by atoms with Gasteiger partial charge in [0.15, 0.2) is 0 Å². The van der Waals surface area contributed by atoms with E-state index in [1.165, 1.54) is 0 Å². The molecule has 2 aromatic heterocycles. The minimum Gasteiger partial charge on any atom is -0.360 e. The van der Waals surface area contributed by atoms with Crippen molar-refractivity contribution in [1.82, 2.24) is 9.97 Å². The fourth-order valence-electron chi connectivity index (χ4n) is 1.64. The summed E-state index contributed by atoms with van der Waals surface area (Å²) < 4.78 is 0. The van der Waals surface area contributed by atoms with Crippen molar-refractivity contribution in [2.45, 2.75) is 20.3 Å². The number of nitrogens with zero attached hydrogens (tertiary/aromatic N) is 2. The highest BCUT2D eigenvalue weighted by Gasteiger charge is 2.15. The summed E-state index contributed by atoms with van der Waals surface area (Å²) in [6.07, 6.45) is 2.64. The molecule has 2 aromatic rings. The van der Waals surface area contributed by atoms with E-state index >= 15 is 0 Å². The summed E-state index contributed by atoms with van der Waals surface area (Å²) in [7, 11) is 0. The average molecular weight is 245 g/mol. The second-order valence-corrected chi connectivity index (χ2v) is 5.34. The monoisotopic (exact) mass is 245 g/mol. The molecule has 3 nitrogen and oxygen atoms in total. The van der Waals surface area contributed by atoms with Gasteiger partial charge in [-0.1, -0.05) is 13.8 Å². The normalized spacial score (nSPS) is 12.6. The van der Waals surface area contributed by atoms with E-state index in [0.717, 1.165) is 22.8 Å². The van der Waals surface area contributed by atoms with Crippen LogP contribution in [0.2, 0.25) is 0 Å². The molecular weight excluding hydrogens is 230 g/mol. The first-order chi connectivity index (χ1) is 8.20. The van der Waals surface area contributed by atoms with Crippen LogP contribution in [0.25, 0.3) is 11.4 Å². The number of aromatic amines is 1. The van der Waals surface area contributed by atoms with Gasteiger partial charge in [-0.15, -0.1) is 11.3 Å². The van der Waals surface area contributed by atoms with Gasteiger partial charge in [-0.3, -0.25) is 0 Å². The minimum absolute atomic E-state index is 0.0534. The van der Waals surface area contributed by atoms with Crippen molar-refractivity contribution in [2.24, 2.45) is 11.8 Å². The molecule has 0 aliphatic rings. The molecule has 0 aliphatic heterocycles. The van der Waals surface area contributed by atoms with Crippen LogP contribution in [0.5, 0.6) is 0 Å². The summed E-state index contributed by atoms with van der Waals surface area (Å²) in [5.74, 6) is 0.426. The molecule has 0 saturated carbocycles. The number of aromatic nitrogens is 2. The fraction of sp³-hybridized carbons (Fsp3) is 0.385. The summed E-state index contributed by atoms with van der Waals surface area (Å²) in [6, 6.07) is 6.31. The van der Waals surface area contributed by atoms with E-state index in [1.54, 1.807) is 11.3 Å². The highest BCUT2D eigenvalue weighted by Crippen LogP contribution is 2.24. The van der Waals surface area contributed by atoms with Crippen LogP contribution in [0.4, 0.5) is 0 Å². The summed E-state index contributed by atoms with van der Waals surface area (Å²) in [5, 5.41) is 12.1. The Morgan fingerprint density at radius 1 is 1.53 bits per heavy atom. The van der Waals surface area contributed by atoms with Gasteiger partial charge in [-0.25, -0.2) is 4.98 Å². The van der Waals surface area contributed by atoms with E-state index in [0.29, 0.717) is 5.92 Å².